The van der Waals surface area contributed by atoms with E-state index in [9.17, 15) is 8.42 Å². The molecule has 0 aromatic carbocycles. The molecule has 0 unspecified atom stereocenters. The van der Waals surface area contributed by atoms with Crippen molar-refractivity contribution in [3.8, 4) is 0 Å². The van der Waals surface area contributed by atoms with Crippen LogP contribution in [0.15, 0.2) is 14.7 Å². The molecule has 1 aromatic heterocycles. The first-order valence-corrected chi connectivity index (χ1v) is 8.98. The van der Waals surface area contributed by atoms with Crippen LogP contribution in [0, 0.1) is 0 Å². The van der Waals surface area contributed by atoms with E-state index in [0.717, 1.165) is 24.1 Å². The third kappa shape index (κ3) is 2.87. The number of sulfonamides is 1. The molecular weight excluding hydrogens is 346 g/mol. The van der Waals surface area contributed by atoms with Gasteiger partial charge in [0.05, 0.1) is 9.67 Å². The molecule has 96 valence electrons. The van der Waals surface area contributed by atoms with E-state index in [1.807, 2.05) is 0 Å². The van der Waals surface area contributed by atoms with Crippen LogP contribution in [-0.4, -0.2) is 25.8 Å². The number of piperidine rings is 1. The van der Waals surface area contributed by atoms with Gasteiger partial charge in [-0.05, 0) is 34.8 Å². The second kappa shape index (κ2) is 5.57. The molecule has 0 aliphatic carbocycles. The van der Waals surface area contributed by atoms with E-state index in [1.165, 1.54) is 11.3 Å². The lowest BCUT2D eigenvalue weighted by Crippen LogP contribution is -2.35. The van der Waals surface area contributed by atoms with E-state index < -0.39 is 10.0 Å². The average molecular weight is 359 g/mol. The fourth-order valence-corrected chi connectivity index (χ4v) is 6.12. The Morgan fingerprint density at radius 2 is 2.00 bits per heavy atom. The predicted octanol–water partition coefficient (Wildman–Crippen LogP) is 3.42. The molecule has 7 heteroatoms. The minimum atomic E-state index is -3.34. The Kier molecular flexibility index (Phi) is 4.52. The Hall–Kier alpha value is 0.380. The summed E-state index contributed by atoms with van der Waals surface area (Å²) in [5.74, 6) is 0.346. The van der Waals surface area contributed by atoms with Crippen LogP contribution in [0.1, 0.15) is 24.1 Å². The molecule has 2 rings (SSSR count). The van der Waals surface area contributed by atoms with Crippen LogP contribution >= 0.6 is 38.9 Å². The first-order valence-electron chi connectivity index (χ1n) is 5.40. The second-order valence-corrected chi connectivity index (χ2v) is 8.58. The molecule has 1 fully saturated rings. The SMILES string of the molecule is O=S(=O)(c1cc(CCl)sc1Br)N1CCCCC1. The second-order valence-electron chi connectivity index (χ2n) is 3.95. The highest BCUT2D eigenvalue weighted by Gasteiger charge is 2.29. The lowest BCUT2D eigenvalue weighted by molar-refractivity contribution is 0.346. The molecule has 1 aromatic rings. The van der Waals surface area contributed by atoms with Crippen molar-refractivity contribution in [2.45, 2.75) is 30.0 Å². The summed E-state index contributed by atoms with van der Waals surface area (Å²) in [5.41, 5.74) is 0. The molecule has 3 nitrogen and oxygen atoms in total. The van der Waals surface area contributed by atoms with E-state index in [0.29, 0.717) is 27.7 Å². The van der Waals surface area contributed by atoms with Gasteiger partial charge < -0.3 is 0 Å². The summed E-state index contributed by atoms with van der Waals surface area (Å²) in [7, 11) is -3.34. The maximum Gasteiger partial charge on any atom is 0.245 e. The molecule has 1 aliphatic heterocycles. The fraction of sp³-hybridized carbons (Fsp3) is 0.600. The van der Waals surface area contributed by atoms with Gasteiger partial charge in [0.15, 0.2) is 0 Å². The number of halogens is 2. The zero-order chi connectivity index (χ0) is 12.5. The van der Waals surface area contributed by atoms with E-state index in [1.54, 1.807) is 10.4 Å². The lowest BCUT2D eigenvalue weighted by atomic mass is 10.2. The summed E-state index contributed by atoms with van der Waals surface area (Å²) in [4.78, 5) is 1.23. The van der Waals surface area contributed by atoms with Crippen molar-refractivity contribution >= 4 is 48.9 Å². The van der Waals surface area contributed by atoms with Gasteiger partial charge in [0.2, 0.25) is 10.0 Å². The van der Waals surface area contributed by atoms with Crippen molar-refractivity contribution in [2.24, 2.45) is 0 Å². The predicted molar refractivity (Wildman–Crippen MR) is 74.2 cm³/mol. The van der Waals surface area contributed by atoms with Crippen molar-refractivity contribution in [3.63, 3.8) is 0 Å². The molecule has 0 bridgehead atoms. The van der Waals surface area contributed by atoms with Gasteiger partial charge in [0.25, 0.3) is 0 Å². The summed E-state index contributed by atoms with van der Waals surface area (Å²) in [6, 6.07) is 1.67. The molecule has 1 saturated heterocycles. The molecule has 2 heterocycles. The Balaban J connectivity index is 2.33. The highest BCUT2D eigenvalue weighted by molar-refractivity contribution is 9.11. The van der Waals surface area contributed by atoms with Crippen LogP contribution in [0.25, 0.3) is 0 Å². The summed E-state index contributed by atoms with van der Waals surface area (Å²) in [6.07, 6.45) is 3.01. The summed E-state index contributed by atoms with van der Waals surface area (Å²) >= 11 is 10.4. The third-order valence-corrected chi connectivity index (χ3v) is 7.37. The van der Waals surface area contributed by atoms with Crippen molar-refractivity contribution in [2.75, 3.05) is 13.1 Å². The fourth-order valence-electron chi connectivity index (χ4n) is 1.88. The van der Waals surface area contributed by atoms with Gasteiger partial charge in [-0.25, -0.2) is 8.42 Å². The van der Waals surface area contributed by atoms with Crippen molar-refractivity contribution in [3.05, 3.63) is 14.7 Å². The number of thiophene rings is 1. The maximum atomic E-state index is 12.4. The quantitative estimate of drug-likeness (QED) is 0.776. The first kappa shape index (κ1) is 13.8. The Morgan fingerprint density at radius 3 is 2.53 bits per heavy atom. The minimum absolute atomic E-state index is 0.346. The Morgan fingerprint density at radius 1 is 1.35 bits per heavy atom. The molecule has 0 spiro atoms. The lowest BCUT2D eigenvalue weighted by Gasteiger charge is -2.25. The number of nitrogens with zero attached hydrogens (tertiary/aromatic N) is 1. The first-order chi connectivity index (χ1) is 8.05. The van der Waals surface area contributed by atoms with Crippen LogP contribution in [0.5, 0.6) is 0 Å². The smallest absolute Gasteiger partial charge is 0.207 e. The number of hydrogen-bond acceptors (Lipinski definition) is 3. The van der Waals surface area contributed by atoms with Gasteiger partial charge in [0.1, 0.15) is 4.90 Å². The molecule has 0 atom stereocenters. The molecule has 0 saturated carbocycles. The topological polar surface area (TPSA) is 37.4 Å². The monoisotopic (exact) mass is 357 g/mol. The van der Waals surface area contributed by atoms with Crippen molar-refractivity contribution in [1.82, 2.24) is 4.31 Å². The van der Waals surface area contributed by atoms with Gasteiger partial charge in [0, 0.05) is 18.0 Å². The van der Waals surface area contributed by atoms with Crippen LogP contribution in [0.4, 0.5) is 0 Å². The standard InChI is InChI=1S/C10H13BrClNO2S2/c11-10-9(6-8(7-12)16-10)17(14,15)13-4-2-1-3-5-13/h6H,1-5,7H2. The van der Waals surface area contributed by atoms with Crippen LogP contribution in [-0.2, 0) is 15.9 Å². The summed E-state index contributed by atoms with van der Waals surface area (Å²) < 4.78 is 27.0. The molecule has 1 aliphatic rings. The molecule has 17 heavy (non-hydrogen) atoms. The van der Waals surface area contributed by atoms with Gasteiger partial charge >= 0.3 is 0 Å². The number of alkyl halides is 1. The van der Waals surface area contributed by atoms with E-state index in [4.69, 9.17) is 11.6 Å². The van der Waals surface area contributed by atoms with Crippen LogP contribution in [0.3, 0.4) is 0 Å². The Labute approximate surface area is 119 Å². The van der Waals surface area contributed by atoms with Crippen molar-refractivity contribution in [1.29, 1.82) is 0 Å². The summed E-state index contributed by atoms with van der Waals surface area (Å²) in [5, 5.41) is 0. The van der Waals surface area contributed by atoms with E-state index in [-0.39, 0.29) is 0 Å². The molecular formula is C10H13BrClNO2S2. The molecule has 0 radical (unpaired) electrons. The Bertz CT molecular complexity index is 494. The zero-order valence-corrected chi connectivity index (χ0v) is 13.1. The minimum Gasteiger partial charge on any atom is -0.207 e. The highest BCUT2D eigenvalue weighted by atomic mass is 79.9. The van der Waals surface area contributed by atoms with Gasteiger partial charge in [-0.1, -0.05) is 6.42 Å². The third-order valence-electron chi connectivity index (χ3n) is 2.77. The van der Waals surface area contributed by atoms with Gasteiger partial charge in [-0.15, -0.1) is 22.9 Å². The highest BCUT2D eigenvalue weighted by Crippen LogP contribution is 2.34. The van der Waals surface area contributed by atoms with Crippen molar-refractivity contribution < 1.29 is 8.42 Å². The van der Waals surface area contributed by atoms with Gasteiger partial charge in [-0.3, -0.25) is 0 Å². The molecule has 0 N–H and O–H groups in total. The van der Waals surface area contributed by atoms with E-state index >= 15 is 0 Å². The zero-order valence-electron chi connectivity index (χ0n) is 9.16. The summed E-state index contributed by atoms with van der Waals surface area (Å²) in [6.45, 7) is 1.25. The number of rotatable bonds is 3. The van der Waals surface area contributed by atoms with E-state index in [2.05, 4.69) is 15.9 Å². The average Bonchev–Trinajstić information content (AvgIpc) is 2.72. The maximum absolute atomic E-state index is 12.4. The van der Waals surface area contributed by atoms with Crippen LogP contribution in [0.2, 0.25) is 0 Å². The molecule has 0 amide bonds. The van der Waals surface area contributed by atoms with Gasteiger partial charge in [-0.2, -0.15) is 4.31 Å². The number of hydrogen-bond donors (Lipinski definition) is 0. The largest absolute Gasteiger partial charge is 0.245 e. The normalized spacial score (nSPS) is 18.5. The van der Waals surface area contributed by atoms with Crippen LogP contribution < -0.4 is 0 Å².